The van der Waals surface area contributed by atoms with Crippen LogP contribution in [0, 0.1) is 5.82 Å². The monoisotopic (exact) mass is 345 g/mol. The third-order valence-corrected chi connectivity index (χ3v) is 3.14. The van der Waals surface area contributed by atoms with Crippen LogP contribution in [-0.4, -0.2) is 28.3 Å². The number of aromatic nitrogens is 2. The molecule has 0 radical (unpaired) electrons. The van der Waals surface area contributed by atoms with Gasteiger partial charge in [0.05, 0.1) is 12.7 Å². The largest absolute Gasteiger partial charge is 0.489 e. The van der Waals surface area contributed by atoms with Gasteiger partial charge >= 0.3 is 6.18 Å². The maximum atomic E-state index is 13.1. The number of halogens is 4. The van der Waals surface area contributed by atoms with Crippen LogP contribution in [-0.2, 0) is 13.2 Å². The van der Waals surface area contributed by atoms with Crippen molar-refractivity contribution in [1.82, 2.24) is 15.1 Å². The van der Waals surface area contributed by atoms with Crippen LogP contribution in [0.2, 0.25) is 0 Å². The minimum absolute atomic E-state index is 0.0577. The van der Waals surface area contributed by atoms with Gasteiger partial charge in [-0.15, -0.1) is 0 Å². The van der Waals surface area contributed by atoms with E-state index in [0.717, 1.165) is 4.68 Å². The molecular weight excluding hydrogens is 330 g/mol. The molecular formula is C15H15F4N3O2. The van der Waals surface area contributed by atoms with Gasteiger partial charge in [0.25, 0.3) is 5.91 Å². The van der Waals surface area contributed by atoms with E-state index in [1.807, 2.05) is 0 Å². The molecule has 1 atom stereocenters. The lowest BCUT2D eigenvalue weighted by Crippen LogP contribution is -2.35. The van der Waals surface area contributed by atoms with E-state index in [0.29, 0.717) is 6.20 Å². The number of hydrogen-bond donors (Lipinski definition) is 1. The Bertz CT molecular complexity index is 728. The van der Waals surface area contributed by atoms with Crippen molar-refractivity contribution in [3.05, 3.63) is 47.5 Å². The quantitative estimate of drug-likeness (QED) is 0.848. The second kappa shape index (κ2) is 6.90. The fourth-order valence-corrected chi connectivity index (χ4v) is 2.05. The molecule has 9 heteroatoms. The fraction of sp³-hybridized carbons (Fsp3) is 0.333. The standard InChI is InChI=1S/C15H15F4N3O2/c1-9(24-11-5-3-4-10(16)6-11)7-20-14(23)13-12(15(17,18)19)8-21-22(13)2/h3-6,8-9H,7H2,1-2H3,(H,20,23). The van der Waals surface area contributed by atoms with Crippen LogP contribution < -0.4 is 10.1 Å². The van der Waals surface area contributed by atoms with Gasteiger partial charge in [0, 0.05) is 13.1 Å². The third kappa shape index (κ3) is 4.24. The Hall–Kier alpha value is -2.58. The Morgan fingerprint density at radius 3 is 2.75 bits per heavy atom. The van der Waals surface area contributed by atoms with Crippen molar-refractivity contribution >= 4 is 5.91 Å². The van der Waals surface area contributed by atoms with Gasteiger partial charge in [-0.1, -0.05) is 6.07 Å². The molecule has 0 bridgehead atoms. The summed E-state index contributed by atoms with van der Waals surface area (Å²) < 4.78 is 57.9. The first-order chi connectivity index (χ1) is 11.2. The van der Waals surface area contributed by atoms with Gasteiger partial charge in [0.2, 0.25) is 0 Å². The Morgan fingerprint density at radius 1 is 1.42 bits per heavy atom. The number of aryl methyl sites for hydroxylation is 1. The molecule has 0 aliphatic rings. The van der Waals surface area contributed by atoms with Crippen LogP contribution in [0.3, 0.4) is 0 Å². The van der Waals surface area contributed by atoms with E-state index in [1.54, 1.807) is 6.92 Å². The zero-order valence-corrected chi connectivity index (χ0v) is 12.9. The summed E-state index contributed by atoms with van der Waals surface area (Å²) in [4.78, 5) is 12.0. The topological polar surface area (TPSA) is 56.2 Å². The molecule has 0 aliphatic heterocycles. The van der Waals surface area contributed by atoms with Crippen molar-refractivity contribution in [1.29, 1.82) is 0 Å². The van der Waals surface area contributed by atoms with Crippen molar-refractivity contribution in [2.24, 2.45) is 7.05 Å². The molecule has 0 saturated carbocycles. The fourth-order valence-electron chi connectivity index (χ4n) is 2.05. The van der Waals surface area contributed by atoms with Crippen LogP contribution >= 0.6 is 0 Å². The maximum absolute atomic E-state index is 13.1. The molecule has 1 amide bonds. The lowest BCUT2D eigenvalue weighted by atomic mass is 10.2. The lowest BCUT2D eigenvalue weighted by Gasteiger charge is -2.16. The molecule has 24 heavy (non-hydrogen) atoms. The molecule has 2 rings (SSSR count). The van der Waals surface area contributed by atoms with E-state index in [4.69, 9.17) is 4.74 Å². The number of amides is 1. The van der Waals surface area contributed by atoms with Gasteiger partial charge < -0.3 is 10.1 Å². The number of carbonyl (C=O) groups excluding carboxylic acids is 1. The molecule has 2 aromatic rings. The van der Waals surface area contributed by atoms with E-state index in [1.165, 1.54) is 31.3 Å². The molecule has 5 nitrogen and oxygen atoms in total. The first-order valence-corrected chi connectivity index (χ1v) is 6.98. The molecule has 1 N–H and O–H groups in total. The predicted molar refractivity (Wildman–Crippen MR) is 77.0 cm³/mol. The van der Waals surface area contributed by atoms with Gasteiger partial charge in [0.15, 0.2) is 0 Å². The van der Waals surface area contributed by atoms with Gasteiger partial charge in [-0.2, -0.15) is 18.3 Å². The predicted octanol–water partition coefficient (Wildman–Crippen LogP) is 2.78. The highest BCUT2D eigenvalue weighted by atomic mass is 19.4. The summed E-state index contributed by atoms with van der Waals surface area (Å²) in [6.45, 7) is 1.54. The summed E-state index contributed by atoms with van der Waals surface area (Å²) >= 11 is 0. The van der Waals surface area contributed by atoms with Gasteiger partial charge in [-0.05, 0) is 19.1 Å². The second-order valence-electron chi connectivity index (χ2n) is 5.12. The first-order valence-electron chi connectivity index (χ1n) is 6.98. The average molecular weight is 345 g/mol. The smallest absolute Gasteiger partial charge is 0.420 e. The molecule has 1 heterocycles. The average Bonchev–Trinajstić information content (AvgIpc) is 2.87. The van der Waals surface area contributed by atoms with Crippen molar-refractivity contribution < 1.29 is 27.1 Å². The minimum Gasteiger partial charge on any atom is -0.489 e. The van der Waals surface area contributed by atoms with Gasteiger partial charge in [0.1, 0.15) is 28.9 Å². The summed E-state index contributed by atoms with van der Waals surface area (Å²) in [5.41, 5.74) is -1.69. The number of ether oxygens (including phenoxy) is 1. The molecule has 0 saturated heterocycles. The normalized spacial score (nSPS) is 12.8. The number of benzene rings is 1. The van der Waals surface area contributed by atoms with Crippen molar-refractivity contribution in [2.45, 2.75) is 19.2 Å². The number of hydrogen-bond acceptors (Lipinski definition) is 3. The highest BCUT2D eigenvalue weighted by molar-refractivity contribution is 5.94. The number of rotatable bonds is 5. The highest BCUT2D eigenvalue weighted by Crippen LogP contribution is 2.31. The summed E-state index contributed by atoms with van der Waals surface area (Å²) in [5.74, 6) is -1.14. The second-order valence-corrected chi connectivity index (χ2v) is 5.12. The third-order valence-electron chi connectivity index (χ3n) is 3.14. The zero-order valence-electron chi connectivity index (χ0n) is 12.9. The number of alkyl halides is 3. The molecule has 130 valence electrons. The van der Waals surface area contributed by atoms with E-state index in [2.05, 4.69) is 10.4 Å². The molecule has 1 aromatic heterocycles. The Labute approximate surface area is 135 Å². The molecule has 0 fully saturated rings. The van der Waals surface area contributed by atoms with Crippen LogP contribution in [0.4, 0.5) is 17.6 Å². The van der Waals surface area contributed by atoms with Gasteiger partial charge in [-0.25, -0.2) is 4.39 Å². The summed E-state index contributed by atoms with van der Waals surface area (Å²) in [7, 11) is 1.25. The van der Waals surface area contributed by atoms with E-state index >= 15 is 0 Å². The van der Waals surface area contributed by atoms with Crippen LogP contribution in [0.15, 0.2) is 30.5 Å². The highest BCUT2D eigenvalue weighted by Gasteiger charge is 2.38. The Morgan fingerprint density at radius 2 is 2.12 bits per heavy atom. The van der Waals surface area contributed by atoms with Gasteiger partial charge in [-0.3, -0.25) is 9.48 Å². The van der Waals surface area contributed by atoms with E-state index in [9.17, 15) is 22.4 Å². The number of carbonyl (C=O) groups is 1. The van der Waals surface area contributed by atoms with Crippen molar-refractivity contribution in [2.75, 3.05) is 6.54 Å². The van der Waals surface area contributed by atoms with Crippen LogP contribution in [0.5, 0.6) is 5.75 Å². The molecule has 1 aromatic carbocycles. The number of nitrogens with one attached hydrogen (secondary N) is 1. The molecule has 0 spiro atoms. The summed E-state index contributed by atoms with van der Waals surface area (Å²) in [6.07, 6.45) is -4.65. The maximum Gasteiger partial charge on any atom is 0.420 e. The summed E-state index contributed by atoms with van der Waals surface area (Å²) in [5, 5.41) is 5.83. The molecule has 0 aliphatic carbocycles. The lowest BCUT2D eigenvalue weighted by molar-refractivity contribution is -0.138. The number of nitrogens with zero attached hydrogens (tertiary/aromatic N) is 2. The van der Waals surface area contributed by atoms with E-state index in [-0.39, 0.29) is 12.3 Å². The Balaban J connectivity index is 2.00. The van der Waals surface area contributed by atoms with Crippen molar-refractivity contribution in [3.63, 3.8) is 0 Å². The van der Waals surface area contributed by atoms with Crippen LogP contribution in [0.1, 0.15) is 23.0 Å². The van der Waals surface area contributed by atoms with Crippen molar-refractivity contribution in [3.8, 4) is 5.75 Å². The first kappa shape index (κ1) is 17.8. The summed E-state index contributed by atoms with van der Waals surface area (Å²) in [6, 6.07) is 5.41. The Kier molecular flexibility index (Phi) is 5.10. The molecule has 1 unspecified atom stereocenters. The van der Waals surface area contributed by atoms with E-state index < -0.39 is 35.3 Å². The SMILES string of the molecule is CC(CNC(=O)c1c(C(F)(F)F)cnn1C)Oc1cccc(F)c1. The minimum atomic E-state index is -4.68. The zero-order chi connectivity index (χ0) is 17.9. The van der Waals surface area contributed by atoms with Crippen LogP contribution in [0.25, 0.3) is 0 Å².